The van der Waals surface area contributed by atoms with Gasteiger partial charge in [0.25, 0.3) is 0 Å². The van der Waals surface area contributed by atoms with E-state index in [4.69, 9.17) is 0 Å². The Bertz CT molecular complexity index is 167. The van der Waals surface area contributed by atoms with Crippen LogP contribution in [-0.4, -0.2) is 0 Å². The lowest BCUT2D eigenvalue weighted by atomic mass is 9.79. The van der Waals surface area contributed by atoms with Crippen LogP contribution in [-0.2, 0) is 0 Å². The van der Waals surface area contributed by atoms with E-state index in [1.807, 2.05) is 0 Å². The van der Waals surface area contributed by atoms with E-state index in [0.29, 0.717) is 0 Å². The van der Waals surface area contributed by atoms with Crippen molar-refractivity contribution in [2.45, 2.75) is 60.8 Å². The van der Waals surface area contributed by atoms with Crippen molar-refractivity contribution in [1.29, 1.82) is 0 Å². The van der Waals surface area contributed by atoms with Gasteiger partial charge >= 0.3 is 0 Å². The number of hydrogen-bond donors (Lipinski definition) is 0. The van der Waals surface area contributed by atoms with Gasteiger partial charge in [0.2, 0.25) is 0 Å². The molecule has 0 radical (unpaired) electrons. The van der Waals surface area contributed by atoms with Crippen LogP contribution in [0.15, 0.2) is 11.6 Å². The molecular formula is C14H28. The van der Waals surface area contributed by atoms with Gasteiger partial charge in [-0.05, 0) is 31.1 Å². The molecule has 14 heavy (non-hydrogen) atoms. The van der Waals surface area contributed by atoms with Crippen LogP contribution in [0, 0.1) is 17.8 Å². The van der Waals surface area contributed by atoms with Crippen LogP contribution in [0.1, 0.15) is 60.8 Å². The molecule has 0 saturated carbocycles. The molecule has 0 aliphatic heterocycles. The second-order valence-electron chi connectivity index (χ2n) is 4.77. The summed E-state index contributed by atoms with van der Waals surface area (Å²) >= 11 is 0. The summed E-state index contributed by atoms with van der Waals surface area (Å²) in [5, 5.41) is 0. The normalized spacial score (nSPS) is 19.1. The van der Waals surface area contributed by atoms with Gasteiger partial charge in [0, 0.05) is 0 Å². The first-order chi connectivity index (χ1) is 6.54. The highest BCUT2D eigenvalue weighted by atomic mass is 14.2. The Balaban J connectivity index is 4.22. The molecule has 0 heterocycles. The van der Waals surface area contributed by atoms with Crippen LogP contribution in [0.5, 0.6) is 0 Å². The topological polar surface area (TPSA) is 0 Å². The van der Waals surface area contributed by atoms with E-state index in [-0.39, 0.29) is 0 Å². The summed E-state index contributed by atoms with van der Waals surface area (Å²) in [7, 11) is 0. The van der Waals surface area contributed by atoms with Crippen molar-refractivity contribution < 1.29 is 0 Å². The average molecular weight is 196 g/mol. The minimum atomic E-state index is 0.747. The summed E-state index contributed by atoms with van der Waals surface area (Å²) in [5.41, 5.74) is 1.57. The second-order valence-corrected chi connectivity index (χ2v) is 4.77. The zero-order valence-electron chi connectivity index (χ0n) is 10.9. The fraction of sp³-hybridized carbons (Fsp3) is 0.857. The number of rotatable bonds is 6. The Labute approximate surface area is 90.8 Å². The molecule has 0 aromatic rings. The molecule has 0 N–H and O–H groups in total. The van der Waals surface area contributed by atoms with Crippen molar-refractivity contribution >= 4 is 0 Å². The van der Waals surface area contributed by atoms with E-state index in [2.05, 4.69) is 47.6 Å². The molecule has 3 unspecified atom stereocenters. The van der Waals surface area contributed by atoms with E-state index in [1.165, 1.54) is 19.3 Å². The van der Waals surface area contributed by atoms with E-state index < -0.39 is 0 Å². The summed E-state index contributed by atoms with van der Waals surface area (Å²) in [6.07, 6.45) is 6.23. The van der Waals surface area contributed by atoms with Gasteiger partial charge in [-0.2, -0.15) is 0 Å². The van der Waals surface area contributed by atoms with E-state index in [1.54, 1.807) is 5.57 Å². The van der Waals surface area contributed by atoms with Gasteiger partial charge in [0.05, 0.1) is 0 Å². The molecule has 84 valence electrons. The SMILES string of the molecule is CCC=C(C)C(C)C(C)C(C)CCC. The number of hydrogen-bond acceptors (Lipinski definition) is 0. The van der Waals surface area contributed by atoms with E-state index >= 15 is 0 Å². The van der Waals surface area contributed by atoms with Gasteiger partial charge in [-0.25, -0.2) is 0 Å². The minimum absolute atomic E-state index is 0.747. The molecule has 0 saturated heterocycles. The van der Waals surface area contributed by atoms with Gasteiger partial charge in [0.15, 0.2) is 0 Å². The van der Waals surface area contributed by atoms with Crippen molar-refractivity contribution in [1.82, 2.24) is 0 Å². The first-order valence-electron chi connectivity index (χ1n) is 6.21. The molecule has 0 fully saturated rings. The Morgan fingerprint density at radius 1 is 1.14 bits per heavy atom. The summed E-state index contributed by atoms with van der Waals surface area (Å²) in [4.78, 5) is 0. The second kappa shape index (κ2) is 7.09. The van der Waals surface area contributed by atoms with Crippen LogP contribution >= 0.6 is 0 Å². The molecular weight excluding hydrogens is 168 g/mol. The van der Waals surface area contributed by atoms with Crippen LogP contribution in [0.3, 0.4) is 0 Å². The van der Waals surface area contributed by atoms with E-state index in [9.17, 15) is 0 Å². The quantitative estimate of drug-likeness (QED) is 0.521. The molecule has 0 spiro atoms. The van der Waals surface area contributed by atoms with Gasteiger partial charge < -0.3 is 0 Å². The van der Waals surface area contributed by atoms with Crippen LogP contribution in [0.2, 0.25) is 0 Å². The van der Waals surface area contributed by atoms with Crippen LogP contribution < -0.4 is 0 Å². The predicted molar refractivity (Wildman–Crippen MR) is 66.4 cm³/mol. The third-order valence-corrected chi connectivity index (χ3v) is 3.67. The molecule has 0 bridgehead atoms. The molecule has 0 aliphatic rings. The highest BCUT2D eigenvalue weighted by Gasteiger charge is 2.19. The molecule has 0 nitrogen and oxygen atoms in total. The average Bonchev–Trinajstić information content (AvgIpc) is 2.16. The molecule has 0 heteroatoms. The fourth-order valence-electron chi connectivity index (χ4n) is 2.13. The third kappa shape index (κ3) is 4.30. The summed E-state index contributed by atoms with van der Waals surface area (Å²) in [6, 6.07) is 0. The maximum absolute atomic E-state index is 2.40. The maximum atomic E-state index is 2.40. The first-order valence-corrected chi connectivity index (χ1v) is 6.21. The zero-order valence-corrected chi connectivity index (χ0v) is 10.9. The van der Waals surface area contributed by atoms with Crippen LogP contribution in [0.25, 0.3) is 0 Å². The van der Waals surface area contributed by atoms with Crippen molar-refractivity contribution in [3.8, 4) is 0 Å². The van der Waals surface area contributed by atoms with Gasteiger partial charge in [-0.1, -0.05) is 59.1 Å². The lowest BCUT2D eigenvalue weighted by Crippen LogP contribution is -2.17. The molecule has 0 aromatic heterocycles. The molecule has 3 atom stereocenters. The smallest absolute Gasteiger partial charge is 0.0206 e. The Morgan fingerprint density at radius 2 is 1.71 bits per heavy atom. The highest BCUT2D eigenvalue weighted by Crippen LogP contribution is 2.29. The minimum Gasteiger partial charge on any atom is -0.0856 e. The van der Waals surface area contributed by atoms with Gasteiger partial charge in [0.1, 0.15) is 0 Å². The summed E-state index contributed by atoms with van der Waals surface area (Å²) in [6.45, 7) is 13.9. The van der Waals surface area contributed by atoms with Crippen LogP contribution in [0.4, 0.5) is 0 Å². The lowest BCUT2D eigenvalue weighted by molar-refractivity contribution is 0.292. The highest BCUT2D eigenvalue weighted by molar-refractivity contribution is 5.03. The molecule has 0 rings (SSSR count). The van der Waals surface area contributed by atoms with Crippen molar-refractivity contribution in [2.75, 3.05) is 0 Å². The zero-order chi connectivity index (χ0) is 11.1. The Hall–Kier alpha value is -0.260. The fourth-order valence-corrected chi connectivity index (χ4v) is 2.13. The van der Waals surface area contributed by atoms with Crippen molar-refractivity contribution in [3.05, 3.63) is 11.6 Å². The molecule has 0 aliphatic carbocycles. The Morgan fingerprint density at radius 3 is 2.14 bits per heavy atom. The maximum Gasteiger partial charge on any atom is -0.0206 e. The first kappa shape index (κ1) is 13.7. The lowest BCUT2D eigenvalue weighted by Gasteiger charge is -2.26. The third-order valence-electron chi connectivity index (χ3n) is 3.67. The largest absolute Gasteiger partial charge is 0.0856 e. The monoisotopic (exact) mass is 196 g/mol. The standard InChI is InChI=1S/C14H28/c1-7-9-11(3)13(5)14(6)12(4)10-8-2/h9,12-14H,7-8,10H2,1-6H3. The van der Waals surface area contributed by atoms with Crippen molar-refractivity contribution in [2.24, 2.45) is 17.8 Å². The Kier molecular flexibility index (Phi) is 6.96. The van der Waals surface area contributed by atoms with Crippen molar-refractivity contribution in [3.63, 3.8) is 0 Å². The van der Waals surface area contributed by atoms with Gasteiger partial charge in [-0.15, -0.1) is 0 Å². The van der Waals surface area contributed by atoms with E-state index in [0.717, 1.165) is 17.8 Å². The number of allylic oxidation sites excluding steroid dienone is 2. The molecule has 0 amide bonds. The van der Waals surface area contributed by atoms with Gasteiger partial charge in [-0.3, -0.25) is 0 Å². The molecule has 0 aromatic carbocycles. The predicted octanol–water partition coefficient (Wildman–Crippen LogP) is 5.05. The summed E-state index contributed by atoms with van der Waals surface area (Å²) < 4.78 is 0. The summed E-state index contributed by atoms with van der Waals surface area (Å²) in [5.74, 6) is 2.42.